The summed E-state index contributed by atoms with van der Waals surface area (Å²) in [4.78, 5) is 3.84. The molecule has 1 aromatic heterocycles. The van der Waals surface area contributed by atoms with Gasteiger partial charge in [-0.05, 0) is 12.1 Å². The highest BCUT2D eigenvalue weighted by molar-refractivity contribution is 4.79. The van der Waals surface area contributed by atoms with Crippen LogP contribution in [0, 0.1) is 0 Å². The van der Waals surface area contributed by atoms with Gasteiger partial charge in [-0.3, -0.25) is 10.1 Å². The van der Waals surface area contributed by atoms with Crippen molar-refractivity contribution in [2.75, 3.05) is 0 Å². The van der Waals surface area contributed by atoms with E-state index in [1.807, 2.05) is 12.1 Å². The second kappa shape index (κ2) is 3.60. The Bertz CT molecular complexity index is 130. The van der Waals surface area contributed by atoms with E-state index in [0.717, 1.165) is 0 Å². The summed E-state index contributed by atoms with van der Waals surface area (Å²) in [6.45, 7) is 0. The fourth-order valence-electron chi connectivity index (χ4n) is 0.406. The molecule has 3 nitrogen and oxygen atoms in total. The highest BCUT2D eigenvalue weighted by atomic mass is 15.1. The van der Waals surface area contributed by atoms with Crippen LogP contribution in [0.1, 0.15) is 0 Å². The minimum Gasteiger partial charge on any atom is -0.286 e. The van der Waals surface area contributed by atoms with Gasteiger partial charge in [0.1, 0.15) is 0 Å². The van der Waals surface area contributed by atoms with Gasteiger partial charge in [0.25, 0.3) is 0 Å². The van der Waals surface area contributed by atoms with E-state index in [1.165, 1.54) is 0 Å². The van der Waals surface area contributed by atoms with E-state index >= 15 is 0 Å². The Hall–Kier alpha value is -1.38. The van der Waals surface area contributed by atoms with Gasteiger partial charge < -0.3 is 0 Å². The lowest BCUT2D eigenvalue weighted by Crippen LogP contribution is -1.65. The Morgan fingerprint density at radius 1 is 1.00 bits per heavy atom. The van der Waals surface area contributed by atoms with Crippen LogP contribution in [0.15, 0.2) is 36.9 Å². The fourth-order valence-corrected chi connectivity index (χ4v) is 0.406. The van der Waals surface area contributed by atoms with E-state index in [4.69, 9.17) is 0 Å². The second-order valence-corrected chi connectivity index (χ2v) is 1.41. The van der Waals surface area contributed by atoms with Crippen LogP contribution in [0.3, 0.4) is 0 Å². The van der Waals surface area contributed by atoms with Crippen LogP contribution in [-0.2, 0) is 0 Å². The highest BCUT2D eigenvalue weighted by Gasteiger charge is 1.58. The van der Waals surface area contributed by atoms with Crippen LogP contribution in [0.25, 0.3) is 0 Å². The van der Waals surface area contributed by atoms with Crippen LogP contribution in [0.5, 0.6) is 0 Å². The molecule has 0 unspecified atom stereocenters. The molecule has 0 saturated heterocycles. The Kier molecular flexibility index (Phi) is 2.30. The number of nitrogens with one attached hydrogen (secondary N) is 1. The zero-order valence-corrected chi connectivity index (χ0v) is 4.86. The number of nitrogens with zero attached hydrogens (tertiary/aromatic N) is 2. The Labute approximate surface area is 53.1 Å². The first-order valence-electron chi connectivity index (χ1n) is 2.62. The molecule has 1 heterocycles. The summed E-state index contributed by atoms with van der Waals surface area (Å²) < 4.78 is 0. The summed E-state index contributed by atoms with van der Waals surface area (Å²) in [5.74, 6) is 0. The molecule has 0 aliphatic rings. The topological polar surface area (TPSA) is 41.6 Å². The molecule has 0 radical (unpaired) electrons. The molecule has 1 N–H and O–H groups in total. The first-order valence-corrected chi connectivity index (χ1v) is 2.62. The molecule has 0 aliphatic carbocycles. The molecule has 0 spiro atoms. The van der Waals surface area contributed by atoms with E-state index in [9.17, 15) is 0 Å². The van der Waals surface area contributed by atoms with Gasteiger partial charge in [-0.15, -0.1) is 0 Å². The zero-order chi connectivity index (χ0) is 6.36. The van der Waals surface area contributed by atoms with E-state index < -0.39 is 0 Å². The van der Waals surface area contributed by atoms with Crippen molar-refractivity contribution < 1.29 is 0 Å². The fraction of sp³-hybridized carbons (Fsp3) is 0. The van der Waals surface area contributed by atoms with Gasteiger partial charge in [-0.2, -0.15) is 5.10 Å². The van der Waals surface area contributed by atoms with Crippen molar-refractivity contribution in [2.45, 2.75) is 0 Å². The third kappa shape index (κ3) is 2.43. The van der Waals surface area contributed by atoms with Crippen molar-refractivity contribution in [3.63, 3.8) is 0 Å². The van der Waals surface area contributed by atoms with Crippen LogP contribution < -0.4 is 0 Å². The van der Waals surface area contributed by atoms with Gasteiger partial charge in [-0.1, -0.05) is 0 Å². The van der Waals surface area contributed by atoms with Crippen molar-refractivity contribution in [3.8, 4) is 0 Å². The molecule has 46 valence electrons. The average molecular weight is 121 g/mol. The highest BCUT2D eigenvalue weighted by Crippen LogP contribution is 1.68. The second-order valence-electron chi connectivity index (χ2n) is 1.41. The van der Waals surface area contributed by atoms with Crippen LogP contribution in [-0.4, -0.2) is 15.2 Å². The van der Waals surface area contributed by atoms with Gasteiger partial charge in [-0.25, -0.2) is 0 Å². The number of hydrogen-bond donors (Lipinski definition) is 1. The number of rotatable bonds is 0. The van der Waals surface area contributed by atoms with E-state index in [-0.39, 0.29) is 0 Å². The molecule has 0 atom stereocenters. The van der Waals surface area contributed by atoms with Gasteiger partial charge in [0.2, 0.25) is 0 Å². The van der Waals surface area contributed by atoms with Crippen LogP contribution in [0.4, 0.5) is 0 Å². The summed E-state index contributed by atoms with van der Waals surface area (Å²) in [5.41, 5.74) is 0. The van der Waals surface area contributed by atoms with Gasteiger partial charge in [0, 0.05) is 18.6 Å². The molecular weight excluding hydrogens is 114 g/mol. The number of hydrogen-bond acceptors (Lipinski definition) is 2. The van der Waals surface area contributed by atoms with Crippen molar-refractivity contribution in [1.82, 2.24) is 15.2 Å². The lowest BCUT2D eigenvalue weighted by atomic mass is 10.6. The molecule has 0 amide bonds. The monoisotopic (exact) mass is 121 g/mol. The summed E-state index contributed by atoms with van der Waals surface area (Å²) in [5, 5.41) is 6.41. The van der Waals surface area contributed by atoms with Gasteiger partial charge in [0.05, 0.1) is 6.20 Å². The largest absolute Gasteiger partial charge is 0.286 e. The van der Waals surface area contributed by atoms with Gasteiger partial charge >= 0.3 is 0 Å². The molecule has 0 aliphatic heterocycles. The molecule has 3 heteroatoms. The maximum absolute atomic E-state index is 3.84. The lowest BCUT2D eigenvalue weighted by molar-refractivity contribution is 1.04. The summed E-state index contributed by atoms with van der Waals surface area (Å²) in [6.07, 6.45) is 6.60. The summed E-state index contributed by atoms with van der Waals surface area (Å²) in [6, 6.07) is 3.64. The smallest absolute Gasteiger partial charge is 0.0654 e. The summed E-state index contributed by atoms with van der Waals surface area (Å²) in [7, 11) is 0. The standard InChI is InChI=1S/C6H7N3/c1-2-4-8-9-6-5-7-3-1/h1-6,8H. The predicted molar refractivity (Wildman–Crippen MR) is 34.0 cm³/mol. The van der Waals surface area contributed by atoms with Gasteiger partial charge in [0.15, 0.2) is 0 Å². The normalized spacial score (nSPS) is 8.00. The Balaban J connectivity index is 3.04. The average Bonchev–Trinajstić information content (AvgIpc) is 2.00. The maximum Gasteiger partial charge on any atom is 0.0654 e. The van der Waals surface area contributed by atoms with Crippen molar-refractivity contribution in [1.29, 1.82) is 0 Å². The number of aromatic nitrogens is 3. The molecule has 0 aromatic carbocycles. The minimum atomic E-state index is 1.58. The first-order chi connectivity index (χ1) is 4.50. The molecule has 9 heavy (non-hydrogen) atoms. The van der Waals surface area contributed by atoms with Crippen molar-refractivity contribution in [2.24, 2.45) is 0 Å². The minimum absolute atomic E-state index is 1.58. The van der Waals surface area contributed by atoms with E-state index in [1.54, 1.807) is 24.8 Å². The molecule has 1 aromatic rings. The molecule has 0 fully saturated rings. The van der Waals surface area contributed by atoms with E-state index in [0.29, 0.717) is 0 Å². The Morgan fingerprint density at radius 2 is 2.00 bits per heavy atom. The third-order valence-corrected chi connectivity index (χ3v) is 0.756. The molecule has 0 bridgehead atoms. The SMILES string of the molecule is c1cc[nH]nccnc1. The molecular formula is C6H7N3. The number of H-pyrrole nitrogens is 1. The predicted octanol–water partition coefficient (Wildman–Crippen LogP) is 0.929. The Morgan fingerprint density at radius 3 is 3.00 bits per heavy atom. The van der Waals surface area contributed by atoms with Crippen molar-refractivity contribution >= 4 is 0 Å². The summed E-state index contributed by atoms with van der Waals surface area (Å²) >= 11 is 0. The lowest BCUT2D eigenvalue weighted by Gasteiger charge is -1.64. The van der Waals surface area contributed by atoms with Crippen LogP contribution in [0.2, 0.25) is 0 Å². The van der Waals surface area contributed by atoms with E-state index in [2.05, 4.69) is 15.2 Å². The zero-order valence-electron chi connectivity index (χ0n) is 4.86. The quantitative estimate of drug-likeness (QED) is 0.554. The molecule has 0 saturated carbocycles. The number of aromatic amines is 1. The first kappa shape index (κ1) is 5.75. The van der Waals surface area contributed by atoms with Crippen LogP contribution >= 0.6 is 0 Å². The maximum atomic E-state index is 3.84. The van der Waals surface area contributed by atoms with Crippen molar-refractivity contribution in [3.05, 3.63) is 36.9 Å². The third-order valence-electron chi connectivity index (χ3n) is 0.756. The molecule has 1 rings (SSSR count).